The summed E-state index contributed by atoms with van der Waals surface area (Å²) in [5, 5.41) is 8.54. The van der Waals surface area contributed by atoms with Gasteiger partial charge in [0.2, 0.25) is 0 Å². The molecule has 0 aliphatic heterocycles. The maximum absolute atomic E-state index is 12.8. The first-order chi connectivity index (χ1) is 9.29. The van der Waals surface area contributed by atoms with Crippen molar-refractivity contribution >= 4 is 6.08 Å². The third kappa shape index (κ3) is 3.68. The minimum Gasteiger partial charge on any atom is -0.488 e. The van der Waals surface area contributed by atoms with Crippen LogP contribution in [-0.2, 0) is 6.61 Å². The second kappa shape index (κ2) is 6.36. The van der Waals surface area contributed by atoms with E-state index in [-0.39, 0.29) is 5.82 Å². The lowest BCUT2D eigenvalue weighted by molar-refractivity contribution is 0.305. The van der Waals surface area contributed by atoms with Gasteiger partial charge in [-0.3, -0.25) is 0 Å². The minimum atomic E-state index is -0.263. The first-order valence-electron chi connectivity index (χ1n) is 5.82. The zero-order valence-electron chi connectivity index (χ0n) is 10.2. The lowest BCUT2D eigenvalue weighted by Gasteiger charge is -2.09. The molecule has 2 rings (SSSR count). The molecule has 94 valence electrons. The Balaban J connectivity index is 2.09. The Kier molecular flexibility index (Phi) is 4.30. The summed E-state index contributed by atoms with van der Waals surface area (Å²) in [6.45, 7) is 0.359. The molecule has 0 N–H and O–H groups in total. The van der Waals surface area contributed by atoms with E-state index < -0.39 is 0 Å². The van der Waals surface area contributed by atoms with Gasteiger partial charge in [0.25, 0.3) is 0 Å². The number of halogens is 1. The molecule has 2 aromatic carbocycles. The van der Waals surface area contributed by atoms with E-state index in [4.69, 9.17) is 10.00 Å². The minimum absolute atomic E-state index is 0.263. The van der Waals surface area contributed by atoms with Crippen LogP contribution in [0.15, 0.2) is 54.6 Å². The predicted octanol–water partition coefficient (Wildman–Crippen LogP) is 3.94. The SMILES string of the molecule is N#C/C=C/c1ccccc1OCc1ccc(F)cc1. The standard InChI is InChI=1S/C16H12FNO/c17-15-9-7-13(8-10-15)12-19-16-6-2-1-4-14(16)5-3-11-18/h1-10H,12H2/b5-3+. The fraction of sp³-hybridized carbons (Fsp3) is 0.0625. The largest absolute Gasteiger partial charge is 0.488 e. The second-order valence-corrected chi connectivity index (χ2v) is 3.92. The highest BCUT2D eigenvalue weighted by molar-refractivity contribution is 5.58. The van der Waals surface area contributed by atoms with Crippen LogP contribution in [0, 0.1) is 17.1 Å². The molecule has 0 unspecified atom stereocenters. The van der Waals surface area contributed by atoms with Crippen LogP contribution < -0.4 is 4.74 Å². The Morgan fingerprint density at radius 3 is 2.58 bits per heavy atom. The van der Waals surface area contributed by atoms with E-state index in [1.165, 1.54) is 18.2 Å². The van der Waals surface area contributed by atoms with Crippen LogP contribution >= 0.6 is 0 Å². The summed E-state index contributed by atoms with van der Waals surface area (Å²) in [7, 11) is 0. The quantitative estimate of drug-likeness (QED) is 0.773. The topological polar surface area (TPSA) is 33.0 Å². The third-order valence-electron chi connectivity index (χ3n) is 2.56. The number of hydrogen-bond donors (Lipinski definition) is 0. The Bertz CT molecular complexity index is 611. The first-order valence-corrected chi connectivity index (χ1v) is 5.82. The van der Waals surface area contributed by atoms with Crippen LogP contribution in [0.5, 0.6) is 5.75 Å². The Hall–Kier alpha value is -2.60. The van der Waals surface area contributed by atoms with E-state index in [2.05, 4.69) is 0 Å². The zero-order chi connectivity index (χ0) is 13.5. The first kappa shape index (κ1) is 12.8. The highest BCUT2D eigenvalue weighted by Gasteiger charge is 2.00. The van der Waals surface area contributed by atoms with Crippen molar-refractivity contribution in [1.29, 1.82) is 5.26 Å². The summed E-state index contributed by atoms with van der Waals surface area (Å²) in [4.78, 5) is 0. The van der Waals surface area contributed by atoms with Gasteiger partial charge in [-0.05, 0) is 29.8 Å². The molecule has 0 bridgehead atoms. The van der Waals surface area contributed by atoms with Gasteiger partial charge in [-0.2, -0.15) is 5.26 Å². The summed E-state index contributed by atoms with van der Waals surface area (Å²) >= 11 is 0. The van der Waals surface area contributed by atoms with Gasteiger partial charge in [0.05, 0.1) is 6.07 Å². The van der Waals surface area contributed by atoms with E-state index >= 15 is 0 Å². The molecule has 0 fully saturated rings. The van der Waals surface area contributed by atoms with Crippen LogP contribution in [0.4, 0.5) is 4.39 Å². The van der Waals surface area contributed by atoms with Gasteiger partial charge in [0.15, 0.2) is 0 Å². The molecule has 19 heavy (non-hydrogen) atoms. The monoisotopic (exact) mass is 253 g/mol. The predicted molar refractivity (Wildman–Crippen MR) is 71.8 cm³/mol. The van der Waals surface area contributed by atoms with Crippen molar-refractivity contribution in [2.24, 2.45) is 0 Å². The van der Waals surface area contributed by atoms with Gasteiger partial charge >= 0.3 is 0 Å². The number of benzene rings is 2. The summed E-state index contributed by atoms with van der Waals surface area (Å²) in [5.41, 5.74) is 1.73. The second-order valence-electron chi connectivity index (χ2n) is 3.92. The summed E-state index contributed by atoms with van der Waals surface area (Å²) in [5.74, 6) is 0.430. The molecule has 0 amide bonds. The average molecular weight is 253 g/mol. The number of nitriles is 1. The van der Waals surface area contributed by atoms with Crippen molar-refractivity contribution in [3.05, 3.63) is 71.6 Å². The Morgan fingerprint density at radius 1 is 1.11 bits per heavy atom. The molecule has 0 aliphatic rings. The van der Waals surface area contributed by atoms with Crippen LogP contribution in [0.1, 0.15) is 11.1 Å². The highest BCUT2D eigenvalue weighted by atomic mass is 19.1. The molecular weight excluding hydrogens is 241 g/mol. The lowest BCUT2D eigenvalue weighted by Crippen LogP contribution is -1.96. The van der Waals surface area contributed by atoms with Crippen LogP contribution in [0.3, 0.4) is 0 Å². The molecule has 0 atom stereocenters. The summed E-state index contributed by atoms with van der Waals surface area (Å²) in [6.07, 6.45) is 3.10. The molecule has 0 spiro atoms. The van der Waals surface area contributed by atoms with E-state index in [9.17, 15) is 4.39 Å². The number of allylic oxidation sites excluding steroid dienone is 1. The average Bonchev–Trinajstić information content (AvgIpc) is 2.45. The summed E-state index contributed by atoms with van der Waals surface area (Å²) in [6, 6.07) is 15.6. The van der Waals surface area contributed by atoms with E-state index in [0.29, 0.717) is 12.4 Å². The normalized spacial score (nSPS) is 10.3. The van der Waals surface area contributed by atoms with Crippen LogP contribution in [0.25, 0.3) is 6.08 Å². The zero-order valence-corrected chi connectivity index (χ0v) is 10.2. The third-order valence-corrected chi connectivity index (χ3v) is 2.56. The van der Waals surface area contributed by atoms with Gasteiger partial charge in [-0.25, -0.2) is 4.39 Å². The molecule has 0 radical (unpaired) electrons. The van der Waals surface area contributed by atoms with Gasteiger partial charge in [0.1, 0.15) is 18.2 Å². The van der Waals surface area contributed by atoms with Gasteiger partial charge < -0.3 is 4.74 Å². The summed E-state index contributed by atoms with van der Waals surface area (Å²) < 4.78 is 18.4. The maximum Gasteiger partial charge on any atom is 0.127 e. The van der Waals surface area contributed by atoms with Crippen molar-refractivity contribution in [1.82, 2.24) is 0 Å². The van der Waals surface area contributed by atoms with Gasteiger partial charge in [0, 0.05) is 11.6 Å². The van der Waals surface area contributed by atoms with Gasteiger partial charge in [-0.15, -0.1) is 0 Å². The van der Waals surface area contributed by atoms with E-state index in [0.717, 1.165) is 11.1 Å². The van der Waals surface area contributed by atoms with Crippen molar-refractivity contribution in [3.63, 3.8) is 0 Å². The maximum atomic E-state index is 12.8. The molecule has 0 heterocycles. The number of nitrogens with zero attached hydrogens (tertiary/aromatic N) is 1. The highest BCUT2D eigenvalue weighted by Crippen LogP contribution is 2.20. The number of rotatable bonds is 4. The van der Waals surface area contributed by atoms with E-state index in [1.807, 2.05) is 30.3 Å². The lowest BCUT2D eigenvalue weighted by atomic mass is 10.2. The van der Waals surface area contributed by atoms with Gasteiger partial charge in [-0.1, -0.05) is 30.3 Å². The van der Waals surface area contributed by atoms with Crippen molar-refractivity contribution in [2.75, 3.05) is 0 Å². The molecule has 0 aliphatic carbocycles. The molecule has 3 heteroatoms. The smallest absolute Gasteiger partial charge is 0.127 e. The van der Waals surface area contributed by atoms with Crippen LogP contribution in [0.2, 0.25) is 0 Å². The molecule has 2 nitrogen and oxygen atoms in total. The molecule has 0 saturated carbocycles. The number of para-hydroxylation sites is 1. The van der Waals surface area contributed by atoms with Crippen molar-refractivity contribution in [3.8, 4) is 11.8 Å². The Morgan fingerprint density at radius 2 is 1.84 bits per heavy atom. The fourth-order valence-corrected chi connectivity index (χ4v) is 1.62. The number of hydrogen-bond acceptors (Lipinski definition) is 2. The molecule has 0 aromatic heterocycles. The molecule has 2 aromatic rings. The van der Waals surface area contributed by atoms with Crippen molar-refractivity contribution in [2.45, 2.75) is 6.61 Å². The fourth-order valence-electron chi connectivity index (χ4n) is 1.62. The molecular formula is C16H12FNO. The Labute approximate surface area is 111 Å². The molecule has 0 saturated heterocycles. The van der Waals surface area contributed by atoms with Crippen molar-refractivity contribution < 1.29 is 9.13 Å². The van der Waals surface area contributed by atoms with Crippen LogP contribution in [-0.4, -0.2) is 0 Å². The van der Waals surface area contributed by atoms with E-state index in [1.54, 1.807) is 18.2 Å². The number of ether oxygens (including phenoxy) is 1.